The molecular formula is C10H13O4-. The van der Waals surface area contributed by atoms with Gasteiger partial charge >= 0.3 is 0 Å². The summed E-state index contributed by atoms with van der Waals surface area (Å²) in [6.07, 6.45) is 3.42. The second-order valence-electron chi connectivity index (χ2n) is 4.00. The van der Waals surface area contributed by atoms with Crippen LogP contribution in [0.5, 0.6) is 0 Å². The van der Waals surface area contributed by atoms with Gasteiger partial charge in [-0.1, -0.05) is 26.0 Å². The van der Waals surface area contributed by atoms with Crippen molar-refractivity contribution in [3.8, 4) is 0 Å². The first kappa shape index (κ1) is 10.8. The summed E-state index contributed by atoms with van der Waals surface area (Å²) in [4.78, 5) is 20.4. The van der Waals surface area contributed by atoms with Crippen LogP contribution in [-0.2, 0) is 14.3 Å². The molecule has 0 aromatic carbocycles. The summed E-state index contributed by atoms with van der Waals surface area (Å²) in [5, 5.41) is 10.6. The molecule has 4 heteroatoms. The van der Waals surface area contributed by atoms with Gasteiger partial charge in [-0.15, -0.1) is 0 Å². The molecule has 0 heterocycles. The van der Waals surface area contributed by atoms with Gasteiger partial charge in [0, 0.05) is 11.9 Å². The lowest BCUT2D eigenvalue weighted by Crippen LogP contribution is -2.26. The first-order valence-corrected chi connectivity index (χ1v) is 4.44. The third-order valence-corrected chi connectivity index (χ3v) is 2.77. The highest BCUT2D eigenvalue weighted by Gasteiger charge is 2.56. The van der Waals surface area contributed by atoms with Crippen molar-refractivity contribution in [1.82, 2.24) is 0 Å². The molecule has 0 aromatic heterocycles. The van der Waals surface area contributed by atoms with E-state index in [1.807, 2.05) is 13.8 Å². The van der Waals surface area contributed by atoms with Gasteiger partial charge in [0.15, 0.2) is 0 Å². The van der Waals surface area contributed by atoms with Crippen molar-refractivity contribution in [2.24, 2.45) is 17.3 Å². The Bertz CT molecular complexity index is 267. The number of carboxylic acids is 1. The summed E-state index contributed by atoms with van der Waals surface area (Å²) in [6, 6.07) is 0. The van der Waals surface area contributed by atoms with Crippen LogP contribution in [0.2, 0.25) is 0 Å². The molecule has 0 amide bonds. The van der Waals surface area contributed by atoms with Gasteiger partial charge in [-0.2, -0.15) is 0 Å². The zero-order valence-electron chi connectivity index (χ0n) is 8.23. The minimum atomic E-state index is -1.01. The van der Waals surface area contributed by atoms with Crippen LogP contribution < -0.4 is 5.11 Å². The van der Waals surface area contributed by atoms with Crippen LogP contribution in [0.15, 0.2) is 12.2 Å². The van der Waals surface area contributed by atoms with Gasteiger partial charge in [-0.25, -0.2) is 0 Å². The lowest BCUT2D eigenvalue weighted by Gasteiger charge is -2.01. The highest BCUT2D eigenvalue weighted by Crippen LogP contribution is 2.58. The number of carbonyl (C=O) groups is 2. The third-order valence-electron chi connectivity index (χ3n) is 2.77. The molecule has 1 aliphatic carbocycles. The maximum absolute atomic E-state index is 10.6. The average molecular weight is 197 g/mol. The topological polar surface area (TPSA) is 66.4 Å². The minimum absolute atomic E-state index is 0.0113. The van der Waals surface area contributed by atoms with E-state index in [9.17, 15) is 14.7 Å². The Hall–Kier alpha value is -1.32. The highest BCUT2D eigenvalue weighted by atomic mass is 16.5. The first-order valence-electron chi connectivity index (χ1n) is 4.44. The van der Waals surface area contributed by atoms with E-state index in [1.165, 1.54) is 0 Å². The highest BCUT2D eigenvalue weighted by molar-refractivity contribution is 5.74. The van der Waals surface area contributed by atoms with Crippen LogP contribution in [0.3, 0.4) is 0 Å². The zero-order valence-corrected chi connectivity index (χ0v) is 8.23. The second kappa shape index (κ2) is 3.82. The Kier molecular flexibility index (Phi) is 2.93. The fraction of sp³-hybridized carbons (Fsp3) is 0.600. The molecule has 1 fully saturated rings. The van der Waals surface area contributed by atoms with Gasteiger partial charge in [0.25, 0.3) is 6.47 Å². The molecule has 0 spiro atoms. The quantitative estimate of drug-likeness (QED) is 0.346. The zero-order chi connectivity index (χ0) is 10.8. The van der Waals surface area contributed by atoms with Gasteiger partial charge in [0.2, 0.25) is 0 Å². The molecule has 1 saturated carbocycles. The van der Waals surface area contributed by atoms with Crippen molar-refractivity contribution < 1.29 is 19.4 Å². The molecule has 78 valence electrons. The van der Waals surface area contributed by atoms with Crippen LogP contribution in [0.4, 0.5) is 0 Å². The number of allylic oxidation sites excluding steroid dienone is 1. The number of carboxylic acid groups (broad SMARTS) is 1. The Morgan fingerprint density at radius 1 is 1.57 bits per heavy atom. The number of aliphatic carboxylic acids is 1. The molecule has 0 bridgehead atoms. The Morgan fingerprint density at radius 2 is 2.21 bits per heavy atom. The van der Waals surface area contributed by atoms with Gasteiger partial charge < -0.3 is 14.6 Å². The number of carbonyl (C=O) groups excluding carboxylic acids is 2. The molecule has 0 N–H and O–H groups in total. The fourth-order valence-corrected chi connectivity index (χ4v) is 1.78. The second-order valence-corrected chi connectivity index (χ2v) is 4.00. The summed E-state index contributed by atoms with van der Waals surface area (Å²) < 4.78 is 4.45. The minimum Gasteiger partial charge on any atom is -0.550 e. The maximum atomic E-state index is 10.6. The first-order chi connectivity index (χ1) is 6.51. The molecule has 0 aromatic rings. The molecule has 0 saturated heterocycles. The van der Waals surface area contributed by atoms with E-state index in [2.05, 4.69) is 4.74 Å². The predicted molar refractivity (Wildman–Crippen MR) is 46.9 cm³/mol. The fourth-order valence-electron chi connectivity index (χ4n) is 1.78. The smallest absolute Gasteiger partial charge is 0.293 e. The van der Waals surface area contributed by atoms with Crippen LogP contribution in [-0.4, -0.2) is 19.0 Å². The molecule has 2 atom stereocenters. The van der Waals surface area contributed by atoms with Crippen molar-refractivity contribution in [2.45, 2.75) is 13.8 Å². The number of rotatable bonds is 5. The SMILES string of the molecule is CC1(C)C(/C=C/COC=O)C1C(=O)[O-]. The molecule has 0 radical (unpaired) electrons. The maximum Gasteiger partial charge on any atom is 0.293 e. The monoisotopic (exact) mass is 197 g/mol. The van der Waals surface area contributed by atoms with E-state index in [4.69, 9.17) is 0 Å². The van der Waals surface area contributed by atoms with Gasteiger partial charge in [0.05, 0.1) is 0 Å². The van der Waals surface area contributed by atoms with Crippen LogP contribution >= 0.6 is 0 Å². The Balaban J connectivity index is 2.44. The summed E-state index contributed by atoms with van der Waals surface area (Å²) in [5.74, 6) is -1.45. The number of hydrogen-bond donors (Lipinski definition) is 0. The molecule has 1 aliphatic rings. The standard InChI is InChI=1S/C10H14O4/c1-10(2)7(8(10)9(12)13)4-3-5-14-6-11/h3-4,6-8H,5H2,1-2H3,(H,12,13)/p-1/b4-3+. The predicted octanol–water partition coefficient (Wildman–Crippen LogP) is -0.262. The molecule has 14 heavy (non-hydrogen) atoms. The van der Waals surface area contributed by atoms with E-state index in [-0.39, 0.29) is 17.9 Å². The van der Waals surface area contributed by atoms with Crippen molar-refractivity contribution >= 4 is 12.4 Å². The van der Waals surface area contributed by atoms with E-state index in [0.29, 0.717) is 6.47 Å². The molecule has 0 aliphatic heterocycles. The van der Waals surface area contributed by atoms with Crippen molar-refractivity contribution in [1.29, 1.82) is 0 Å². The molecule has 1 rings (SSSR count). The lowest BCUT2D eigenvalue weighted by atomic mass is 10.1. The molecule has 4 nitrogen and oxygen atoms in total. The van der Waals surface area contributed by atoms with Crippen molar-refractivity contribution in [2.75, 3.05) is 6.61 Å². The van der Waals surface area contributed by atoms with E-state index in [0.717, 1.165) is 0 Å². The van der Waals surface area contributed by atoms with Crippen LogP contribution in [0.25, 0.3) is 0 Å². The summed E-state index contributed by atoms with van der Waals surface area (Å²) >= 11 is 0. The van der Waals surface area contributed by atoms with E-state index in [1.54, 1.807) is 12.2 Å². The van der Waals surface area contributed by atoms with E-state index >= 15 is 0 Å². The number of ether oxygens (including phenoxy) is 1. The summed E-state index contributed by atoms with van der Waals surface area (Å²) in [5.41, 5.74) is -0.240. The Labute approximate surface area is 82.6 Å². The van der Waals surface area contributed by atoms with Crippen molar-refractivity contribution in [3.63, 3.8) is 0 Å². The molecule has 2 unspecified atom stereocenters. The summed E-state index contributed by atoms with van der Waals surface area (Å²) in [6.45, 7) is 4.31. The van der Waals surface area contributed by atoms with Crippen LogP contribution in [0, 0.1) is 17.3 Å². The third kappa shape index (κ3) is 1.95. The Morgan fingerprint density at radius 3 is 2.64 bits per heavy atom. The van der Waals surface area contributed by atoms with Gasteiger partial charge in [-0.05, 0) is 11.3 Å². The average Bonchev–Trinajstić information content (AvgIpc) is 2.62. The lowest BCUT2D eigenvalue weighted by molar-refractivity contribution is -0.309. The normalized spacial score (nSPS) is 28.7. The number of hydrogen-bond acceptors (Lipinski definition) is 4. The summed E-state index contributed by atoms with van der Waals surface area (Å²) in [7, 11) is 0. The largest absolute Gasteiger partial charge is 0.550 e. The van der Waals surface area contributed by atoms with E-state index < -0.39 is 11.9 Å². The van der Waals surface area contributed by atoms with Crippen LogP contribution in [0.1, 0.15) is 13.8 Å². The van der Waals surface area contributed by atoms with Gasteiger partial charge in [0.1, 0.15) is 6.61 Å². The molecular weight excluding hydrogens is 184 g/mol. The van der Waals surface area contributed by atoms with Crippen molar-refractivity contribution in [3.05, 3.63) is 12.2 Å². The van der Waals surface area contributed by atoms with Gasteiger partial charge in [-0.3, -0.25) is 4.79 Å².